The molecule has 0 fully saturated rings. The summed E-state index contributed by atoms with van der Waals surface area (Å²) in [5.41, 5.74) is 1.14. The van der Waals surface area contributed by atoms with Gasteiger partial charge in [-0.3, -0.25) is 19.3 Å². The molecule has 10 heteroatoms. The third kappa shape index (κ3) is 5.71. The van der Waals surface area contributed by atoms with Crippen LogP contribution in [0.15, 0.2) is 47.4 Å². The predicted octanol–water partition coefficient (Wildman–Crippen LogP) is 3.52. The van der Waals surface area contributed by atoms with Gasteiger partial charge in [0.1, 0.15) is 5.75 Å². The summed E-state index contributed by atoms with van der Waals surface area (Å²) < 4.78 is 32.3. The summed E-state index contributed by atoms with van der Waals surface area (Å²) in [5.74, 6) is -0.478. The number of rotatable bonds is 12. The van der Waals surface area contributed by atoms with E-state index in [4.69, 9.17) is 4.74 Å². The standard InChI is InChI=1S/C25H31N3O6S/c1-4-27(5-2)35(32,33)18-14-15-22(34-3)21(17-18)26-23(29)13-7-6-10-16-28-24(30)19-11-8-9-12-20(19)25(28)31/h8-9,11-12,14-15,17H,4-7,10,13,16H2,1-3H3,(H,26,29). The lowest BCUT2D eigenvalue weighted by atomic mass is 10.1. The molecule has 1 aliphatic rings. The van der Waals surface area contributed by atoms with Crippen LogP contribution in [0.1, 0.15) is 60.2 Å². The fraction of sp³-hybridized carbons (Fsp3) is 0.400. The molecule has 1 heterocycles. The highest BCUT2D eigenvalue weighted by Crippen LogP contribution is 2.29. The molecule has 1 N–H and O–H groups in total. The van der Waals surface area contributed by atoms with E-state index >= 15 is 0 Å². The molecule has 35 heavy (non-hydrogen) atoms. The Labute approximate surface area is 206 Å². The zero-order valence-electron chi connectivity index (χ0n) is 20.2. The molecule has 9 nitrogen and oxygen atoms in total. The molecule has 0 aliphatic carbocycles. The molecule has 3 rings (SSSR count). The van der Waals surface area contributed by atoms with Crippen molar-refractivity contribution in [3.8, 4) is 5.75 Å². The van der Waals surface area contributed by atoms with Gasteiger partial charge in [-0.05, 0) is 43.2 Å². The number of anilines is 1. The van der Waals surface area contributed by atoms with Crippen LogP contribution in [-0.4, -0.2) is 62.1 Å². The van der Waals surface area contributed by atoms with Gasteiger partial charge in [0.15, 0.2) is 0 Å². The van der Waals surface area contributed by atoms with Crippen LogP contribution in [-0.2, 0) is 14.8 Å². The lowest BCUT2D eigenvalue weighted by molar-refractivity contribution is -0.116. The number of nitrogens with zero attached hydrogens (tertiary/aromatic N) is 2. The summed E-state index contributed by atoms with van der Waals surface area (Å²) in [4.78, 5) is 38.7. The molecule has 0 saturated carbocycles. The molecule has 0 spiro atoms. The van der Waals surface area contributed by atoms with Crippen LogP contribution in [0.4, 0.5) is 5.69 Å². The van der Waals surface area contributed by atoms with Gasteiger partial charge in [-0.2, -0.15) is 4.31 Å². The van der Waals surface area contributed by atoms with E-state index in [2.05, 4.69) is 5.32 Å². The molecule has 2 aromatic carbocycles. The number of unbranched alkanes of at least 4 members (excludes halogenated alkanes) is 2. The summed E-state index contributed by atoms with van der Waals surface area (Å²) >= 11 is 0. The van der Waals surface area contributed by atoms with Crippen molar-refractivity contribution in [2.75, 3.05) is 32.1 Å². The second-order valence-electron chi connectivity index (χ2n) is 8.12. The van der Waals surface area contributed by atoms with Crippen LogP contribution in [0.5, 0.6) is 5.75 Å². The number of nitrogens with one attached hydrogen (secondary N) is 1. The first-order valence-electron chi connectivity index (χ1n) is 11.7. The van der Waals surface area contributed by atoms with Crippen molar-refractivity contribution >= 4 is 33.4 Å². The van der Waals surface area contributed by atoms with Gasteiger partial charge >= 0.3 is 0 Å². The Morgan fingerprint density at radius 3 is 2.17 bits per heavy atom. The predicted molar refractivity (Wildman–Crippen MR) is 132 cm³/mol. The number of imide groups is 1. The van der Waals surface area contributed by atoms with Gasteiger partial charge in [-0.25, -0.2) is 8.42 Å². The fourth-order valence-electron chi connectivity index (χ4n) is 4.05. The minimum absolute atomic E-state index is 0.0817. The molecule has 0 atom stereocenters. The fourth-order valence-corrected chi connectivity index (χ4v) is 5.53. The maximum absolute atomic E-state index is 12.8. The number of benzene rings is 2. The van der Waals surface area contributed by atoms with E-state index in [-0.39, 0.29) is 34.7 Å². The lowest BCUT2D eigenvalue weighted by Crippen LogP contribution is -2.30. The Bertz CT molecular complexity index is 1170. The third-order valence-electron chi connectivity index (χ3n) is 5.95. The molecule has 0 aromatic heterocycles. The Balaban J connectivity index is 1.53. The lowest BCUT2D eigenvalue weighted by Gasteiger charge is -2.19. The number of sulfonamides is 1. The third-order valence-corrected chi connectivity index (χ3v) is 8.00. The number of fused-ring (bicyclic) bond motifs is 1. The van der Waals surface area contributed by atoms with Crippen molar-refractivity contribution < 1.29 is 27.5 Å². The summed E-state index contributed by atoms with van der Waals surface area (Å²) in [6.07, 6.45) is 1.99. The highest BCUT2D eigenvalue weighted by molar-refractivity contribution is 7.89. The minimum atomic E-state index is -3.68. The zero-order valence-corrected chi connectivity index (χ0v) is 21.1. The van der Waals surface area contributed by atoms with Gasteiger partial charge in [0, 0.05) is 26.1 Å². The molecule has 0 bridgehead atoms. The second kappa shape index (κ2) is 11.5. The van der Waals surface area contributed by atoms with Crippen LogP contribution < -0.4 is 10.1 Å². The SMILES string of the molecule is CCN(CC)S(=O)(=O)c1ccc(OC)c(NC(=O)CCCCCN2C(=O)c3ccccc3C2=O)c1. The van der Waals surface area contributed by atoms with Crippen molar-refractivity contribution in [1.82, 2.24) is 9.21 Å². The molecular formula is C25H31N3O6S. The zero-order chi connectivity index (χ0) is 25.6. The van der Waals surface area contributed by atoms with Crippen LogP contribution in [0, 0.1) is 0 Å². The largest absolute Gasteiger partial charge is 0.495 e. The topological polar surface area (TPSA) is 113 Å². The van der Waals surface area contributed by atoms with E-state index in [9.17, 15) is 22.8 Å². The molecule has 0 radical (unpaired) electrons. The molecule has 3 amide bonds. The van der Waals surface area contributed by atoms with Crippen molar-refractivity contribution in [1.29, 1.82) is 0 Å². The summed E-state index contributed by atoms with van der Waals surface area (Å²) in [7, 11) is -2.23. The summed E-state index contributed by atoms with van der Waals surface area (Å²) in [5, 5.41) is 2.74. The number of amides is 3. The molecule has 2 aromatic rings. The van der Waals surface area contributed by atoms with Crippen LogP contribution in [0.25, 0.3) is 0 Å². The van der Waals surface area contributed by atoms with E-state index < -0.39 is 10.0 Å². The summed E-state index contributed by atoms with van der Waals surface area (Å²) in [6, 6.07) is 11.2. The minimum Gasteiger partial charge on any atom is -0.495 e. The molecule has 1 aliphatic heterocycles. The first-order chi connectivity index (χ1) is 16.7. The van der Waals surface area contributed by atoms with Crippen molar-refractivity contribution in [3.05, 3.63) is 53.6 Å². The second-order valence-corrected chi connectivity index (χ2v) is 10.1. The normalized spacial score (nSPS) is 13.3. The molecule has 0 unspecified atom stereocenters. The number of hydrogen-bond donors (Lipinski definition) is 1. The van der Waals surface area contributed by atoms with E-state index in [1.807, 2.05) is 0 Å². The quantitative estimate of drug-likeness (QED) is 0.352. The number of carbonyl (C=O) groups excluding carboxylic acids is 3. The molecular weight excluding hydrogens is 470 g/mol. The van der Waals surface area contributed by atoms with Gasteiger partial charge < -0.3 is 10.1 Å². The van der Waals surface area contributed by atoms with Gasteiger partial charge in [0.05, 0.1) is 28.8 Å². The number of hydrogen-bond acceptors (Lipinski definition) is 6. The van der Waals surface area contributed by atoms with Gasteiger partial charge in [-0.1, -0.05) is 32.4 Å². The van der Waals surface area contributed by atoms with Crippen molar-refractivity contribution in [2.24, 2.45) is 0 Å². The van der Waals surface area contributed by atoms with Gasteiger partial charge in [-0.15, -0.1) is 0 Å². The average Bonchev–Trinajstić information content (AvgIpc) is 3.09. The van der Waals surface area contributed by atoms with Crippen LogP contribution in [0.3, 0.4) is 0 Å². The van der Waals surface area contributed by atoms with E-state index in [0.29, 0.717) is 55.8 Å². The van der Waals surface area contributed by atoms with E-state index in [0.717, 1.165) is 0 Å². The first kappa shape index (κ1) is 26.4. The maximum Gasteiger partial charge on any atom is 0.261 e. The van der Waals surface area contributed by atoms with Gasteiger partial charge in [0.25, 0.3) is 11.8 Å². The Morgan fingerprint density at radius 1 is 0.971 bits per heavy atom. The Kier molecular flexibility index (Phi) is 8.63. The number of carbonyl (C=O) groups is 3. The van der Waals surface area contributed by atoms with E-state index in [1.165, 1.54) is 34.5 Å². The van der Waals surface area contributed by atoms with Crippen LogP contribution in [0.2, 0.25) is 0 Å². The maximum atomic E-state index is 12.8. The van der Waals surface area contributed by atoms with Crippen molar-refractivity contribution in [3.63, 3.8) is 0 Å². The highest BCUT2D eigenvalue weighted by atomic mass is 32.2. The summed E-state index contributed by atoms with van der Waals surface area (Å²) in [6.45, 7) is 4.51. The van der Waals surface area contributed by atoms with E-state index in [1.54, 1.807) is 38.1 Å². The number of methoxy groups -OCH3 is 1. The monoisotopic (exact) mass is 501 g/mol. The Hall–Kier alpha value is -3.24. The Morgan fingerprint density at radius 2 is 1.60 bits per heavy atom. The first-order valence-corrected chi connectivity index (χ1v) is 13.1. The molecule has 0 saturated heterocycles. The smallest absolute Gasteiger partial charge is 0.261 e. The van der Waals surface area contributed by atoms with Crippen LogP contribution >= 0.6 is 0 Å². The average molecular weight is 502 g/mol. The highest BCUT2D eigenvalue weighted by Gasteiger charge is 2.34. The number of ether oxygens (including phenoxy) is 1. The van der Waals surface area contributed by atoms with Gasteiger partial charge in [0.2, 0.25) is 15.9 Å². The van der Waals surface area contributed by atoms with Crippen molar-refractivity contribution in [2.45, 2.75) is 44.4 Å². The molecule has 188 valence electrons.